The molecule has 0 aromatic heterocycles. The van der Waals surface area contributed by atoms with Gasteiger partial charge in [0.15, 0.2) is 5.69 Å². The van der Waals surface area contributed by atoms with Crippen LogP contribution in [0, 0.1) is 0 Å². The van der Waals surface area contributed by atoms with Crippen LogP contribution >= 0.6 is 35.1 Å². The Hall–Kier alpha value is -2.43. The molecule has 0 radical (unpaired) electrons. The van der Waals surface area contributed by atoms with Gasteiger partial charge >= 0.3 is 6.18 Å². The van der Waals surface area contributed by atoms with E-state index in [0.29, 0.717) is 26.9 Å². The largest absolute Gasteiger partial charge is 0.416 e. The lowest BCUT2D eigenvalue weighted by atomic mass is 10.2. The Bertz CT molecular complexity index is 1110. The van der Waals surface area contributed by atoms with Crippen LogP contribution in [0.4, 0.5) is 30.2 Å². The second kappa shape index (κ2) is 9.80. The van der Waals surface area contributed by atoms with Crippen molar-refractivity contribution in [3.63, 3.8) is 0 Å². The van der Waals surface area contributed by atoms with Crippen molar-refractivity contribution in [1.29, 1.82) is 0 Å². The zero-order chi connectivity index (χ0) is 22.6. The zero-order valence-corrected chi connectivity index (χ0v) is 17.8. The fourth-order valence-electron chi connectivity index (χ4n) is 2.52. The lowest BCUT2D eigenvalue weighted by Crippen LogP contribution is -2.73. The van der Waals surface area contributed by atoms with Crippen LogP contribution in [0.3, 0.4) is 0 Å². The Balaban J connectivity index is 1.71. The first-order valence-electron chi connectivity index (χ1n) is 8.65. The Kier molecular flexibility index (Phi) is 7.34. The minimum absolute atomic E-state index is 0.102. The average molecular weight is 489 g/mol. The average Bonchev–Trinajstić information content (AvgIpc) is 2.73. The standard InChI is InChI=1S/C20H14Cl2F3N3O2S/c21-15-7-5-13(10-17(15)27-30)26-19(29)11-2-1-3-14(8-11)31-28-18-9-12(20(23,24)25)4-6-16(18)22/h1-10,27-28,30H,(H,26,29)/p+1. The Morgan fingerprint density at radius 1 is 1.00 bits per heavy atom. The maximum atomic E-state index is 12.9. The summed E-state index contributed by atoms with van der Waals surface area (Å²) in [5, 5.41) is 12.3. The quantitative estimate of drug-likeness (QED) is 0.196. The molecule has 0 unspecified atom stereocenters. The van der Waals surface area contributed by atoms with E-state index < -0.39 is 17.6 Å². The summed E-state index contributed by atoms with van der Waals surface area (Å²) in [5.74, 6) is -0.411. The smallest absolute Gasteiger partial charge is 0.324 e. The molecule has 0 aliphatic heterocycles. The van der Waals surface area contributed by atoms with E-state index >= 15 is 0 Å². The molecule has 0 heterocycles. The number of hydrogen-bond donors (Lipinski definition) is 4. The van der Waals surface area contributed by atoms with E-state index in [9.17, 15) is 18.0 Å². The normalized spacial score (nSPS) is 11.3. The highest BCUT2D eigenvalue weighted by Crippen LogP contribution is 2.35. The second-order valence-corrected chi connectivity index (χ2v) is 7.94. The number of carbonyl (C=O) groups excluding carboxylic acids is 1. The molecule has 0 bridgehead atoms. The highest BCUT2D eigenvalue weighted by molar-refractivity contribution is 8.00. The summed E-state index contributed by atoms with van der Waals surface area (Å²) >= 11 is 12.9. The minimum atomic E-state index is -4.49. The number of nitrogens with one attached hydrogen (secondary N) is 2. The van der Waals surface area contributed by atoms with E-state index in [0.717, 1.165) is 29.6 Å². The van der Waals surface area contributed by atoms with E-state index in [4.69, 9.17) is 28.4 Å². The van der Waals surface area contributed by atoms with Gasteiger partial charge in [0, 0.05) is 22.2 Å². The maximum absolute atomic E-state index is 12.9. The van der Waals surface area contributed by atoms with E-state index in [1.54, 1.807) is 30.3 Å². The molecule has 0 saturated carbocycles. The van der Waals surface area contributed by atoms with Crippen molar-refractivity contribution >= 4 is 58.1 Å². The molecule has 5 N–H and O–H groups in total. The molecular formula is C20H15Cl2F3N3O2S+. The first-order chi connectivity index (χ1) is 14.7. The Morgan fingerprint density at radius 2 is 1.74 bits per heavy atom. The third-order valence-corrected chi connectivity index (χ3v) is 5.55. The van der Waals surface area contributed by atoms with Crippen LogP contribution in [0.15, 0.2) is 65.6 Å². The Morgan fingerprint density at radius 3 is 2.45 bits per heavy atom. The van der Waals surface area contributed by atoms with Gasteiger partial charge in [0.05, 0.1) is 16.3 Å². The van der Waals surface area contributed by atoms with Gasteiger partial charge in [-0.15, -0.1) is 0 Å². The molecule has 3 aromatic rings. The SMILES string of the molecule is O=C(Nc1ccc(Cl)c([NH2+]O)c1)c1cccc(SNc2cc(C(F)(F)F)ccc2Cl)c1. The number of hydrogen-bond acceptors (Lipinski definition) is 4. The summed E-state index contributed by atoms with van der Waals surface area (Å²) < 4.78 is 41.5. The number of anilines is 2. The number of benzene rings is 3. The van der Waals surface area contributed by atoms with Crippen LogP contribution in [-0.4, -0.2) is 11.1 Å². The number of amides is 1. The second-order valence-electron chi connectivity index (χ2n) is 6.24. The van der Waals surface area contributed by atoms with Gasteiger partial charge in [0.1, 0.15) is 5.02 Å². The van der Waals surface area contributed by atoms with Gasteiger partial charge in [0.2, 0.25) is 0 Å². The van der Waals surface area contributed by atoms with Crippen LogP contribution in [0.5, 0.6) is 0 Å². The van der Waals surface area contributed by atoms with Crippen molar-refractivity contribution < 1.29 is 28.7 Å². The van der Waals surface area contributed by atoms with E-state index in [2.05, 4.69) is 10.0 Å². The molecule has 0 saturated heterocycles. The van der Waals surface area contributed by atoms with Gasteiger partial charge in [0.25, 0.3) is 5.91 Å². The van der Waals surface area contributed by atoms with Gasteiger partial charge in [-0.25, -0.2) is 5.21 Å². The van der Waals surface area contributed by atoms with Crippen LogP contribution < -0.4 is 15.5 Å². The number of carbonyl (C=O) groups is 1. The molecule has 1 amide bonds. The van der Waals surface area contributed by atoms with Gasteiger partial charge in [-0.3, -0.25) is 4.79 Å². The number of halogens is 5. The first kappa shape index (κ1) is 23.2. The topological polar surface area (TPSA) is 78.0 Å². The van der Waals surface area contributed by atoms with Crippen molar-refractivity contribution in [3.05, 3.63) is 81.8 Å². The highest BCUT2D eigenvalue weighted by atomic mass is 35.5. The van der Waals surface area contributed by atoms with Crippen molar-refractivity contribution in [3.8, 4) is 0 Å². The van der Waals surface area contributed by atoms with Crippen LogP contribution in [-0.2, 0) is 6.18 Å². The number of nitrogens with two attached hydrogens (primary N) is 1. The highest BCUT2D eigenvalue weighted by Gasteiger charge is 2.31. The molecule has 0 atom stereocenters. The van der Waals surface area contributed by atoms with E-state index in [1.807, 2.05) is 0 Å². The molecule has 0 fully saturated rings. The van der Waals surface area contributed by atoms with Crippen molar-refractivity contribution in [2.24, 2.45) is 0 Å². The molecule has 5 nitrogen and oxygen atoms in total. The molecular weight excluding hydrogens is 474 g/mol. The van der Waals surface area contributed by atoms with Gasteiger partial charge in [-0.1, -0.05) is 29.3 Å². The number of rotatable bonds is 6. The fraction of sp³-hybridized carbons (Fsp3) is 0.0500. The van der Waals surface area contributed by atoms with E-state index in [-0.39, 0.29) is 10.7 Å². The van der Waals surface area contributed by atoms with Crippen LogP contribution in [0.1, 0.15) is 15.9 Å². The van der Waals surface area contributed by atoms with Crippen molar-refractivity contribution in [2.75, 3.05) is 10.0 Å². The first-order valence-corrected chi connectivity index (χ1v) is 10.2. The number of quaternary nitrogens is 1. The van der Waals surface area contributed by atoms with Crippen LogP contribution in [0.25, 0.3) is 0 Å². The summed E-state index contributed by atoms with van der Waals surface area (Å²) in [4.78, 5) is 13.1. The lowest BCUT2D eigenvalue weighted by Gasteiger charge is -2.12. The third-order valence-electron chi connectivity index (χ3n) is 4.06. The molecule has 0 spiro atoms. The lowest BCUT2D eigenvalue weighted by molar-refractivity contribution is -0.825. The van der Waals surface area contributed by atoms with Gasteiger partial charge < -0.3 is 10.0 Å². The third kappa shape index (κ3) is 6.05. The minimum Gasteiger partial charge on any atom is -0.324 e. The molecule has 31 heavy (non-hydrogen) atoms. The summed E-state index contributed by atoms with van der Waals surface area (Å²) in [5.41, 5.74) is 1.22. The molecule has 3 rings (SSSR count). The predicted molar refractivity (Wildman–Crippen MR) is 115 cm³/mol. The molecule has 3 aromatic carbocycles. The summed E-state index contributed by atoms with van der Waals surface area (Å²) in [6.07, 6.45) is -4.49. The Labute approximate surface area is 189 Å². The summed E-state index contributed by atoms with van der Waals surface area (Å²) in [6, 6.07) is 14.1. The fourth-order valence-corrected chi connectivity index (χ4v) is 3.63. The molecule has 0 aliphatic carbocycles. The maximum Gasteiger partial charge on any atom is 0.416 e. The summed E-state index contributed by atoms with van der Waals surface area (Å²) in [6.45, 7) is 0. The van der Waals surface area contributed by atoms with Crippen molar-refractivity contribution in [1.82, 2.24) is 0 Å². The molecule has 0 aliphatic rings. The van der Waals surface area contributed by atoms with E-state index in [1.165, 1.54) is 18.2 Å². The van der Waals surface area contributed by atoms with Crippen molar-refractivity contribution in [2.45, 2.75) is 11.1 Å². The predicted octanol–water partition coefficient (Wildman–Crippen LogP) is 5.97. The molecule has 11 heteroatoms. The monoisotopic (exact) mass is 488 g/mol. The number of alkyl halides is 3. The van der Waals surface area contributed by atoms with Gasteiger partial charge in [-0.2, -0.15) is 18.7 Å². The summed E-state index contributed by atoms with van der Waals surface area (Å²) in [7, 11) is 0. The molecule has 162 valence electrons. The zero-order valence-electron chi connectivity index (χ0n) is 15.5. The van der Waals surface area contributed by atoms with Gasteiger partial charge in [-0.05, 0) is 60.5 Å². The van der Waals surface area contributed by atoms with Crippen LogP contribution in [0.2, 0.25) is 10.0 Å².